The number of hydrogen-bond donors (Lipinski definition) is 2. The monoisotopic (exact) mass is 268 g/mol. The van der Waals surface area contributed by atoms with E-state index in [2.05, 4.69) is 25.6 Å². The molecule has 0 unspecified atom stereocenters. The molecule has 1 amide bonds. The molecule has 3 rings (SSSR count). The van der Waals surface area contributed by atoms with Gasteiger partial charge < -0.3 is 5.32 Å². The number of nitrogens with one attached hydrogen (secondary N) is 2. The summed E-state index contributed by atoms with van der Waals surface area (Å²) in [7, 11) is 0. The van der Waals surface area contributed by atoms with Crippen molar-refractivity contribution in [2.45, 2.75) is 6.92 Å². The zero-order chi connectivity index (χ0) is 13.9. The summed E-state index contributed by atoms with van der Waals surface area (Å²) in [5.74, 6) is 0.443. The largest absolute Gasteiger partial charge is 0.319 e. The van der Waals surface area contributed by atoms with E-state index in [-0.39, 0.29) is 5.91 Å². The molecule has 0 atom stereocenters. The number of H-pyrrole nitrogens is 1. The normalized spacial score (nSPS) is 10.4. The Labute approximate surface area is 114 Å². The smallest absolute Gasteiger partial charge is 0.259 e. The second kappa shape index (κ2) is 4.96. The first kappa shape index (κ1) is 12.1. The van der Waals surface area contributed by atoms with E-state index in [0.29, 0.717) is 17.1 Å². The van der Waals surface area contributed by atoms with E-state index in [0.717, 1.165) is 5.69 Å². The second-order valence-corrected chi connectivity index (χ2v) is 4.18. The van der Waals surface area contributed by atoms with Crippen LogP contribution in [0.5, 0.6) is 0 Å². The minimum absolute atomic E-state index is 0.230. The predicted molar refractivity (Wildman–Crippen MR) is 72.6 cm³/mol. The number of aromatic nitrogens is 5. The van der Waals surface area contributed by atoms with Crippen LogP contribution in [0, 0.1) is 6.92 Å². The van der Waals surface area contributed by atoms with Crippen molar-refractivity contribution in [2.24, 2.45) is 0 Å². The number of amides is 1. The highest BCUT2D eigenvalue weighted by Gasteiger charge is 2.15. The molecule has 0 aliphatic heterocycles. The number of hydrogen-bond acceptors (Lipinski definition) is 4. The maximum atomic E-state index is 12.2. The summed E-state index contributed by atoms with van der Waals surface area (Å²) in [6.45, 7) is 1.83. The lowest BCUT2D eigenvalue weighted by atomic mass is 10.2. The summed E-state index contributed by atoms with van der Waals surface area (Å²) in [5.41, 5.74) is 1.83. The maximum Gasteiger partial charge on any atom is 0.259 e. The number of carbonyl (C=O) groups excluding carboxylic acids is 1. The molecule has 0 aliphatic rings. The third-order valence-electron chi connectivity index (χ3n) is 2.88. The molecule has 3 aromatic rings. The van der Waals surface area contributed by atoms with Crippen LogP contribution in [-0.4, -0.2) is 30.9 Å². The molecule has 0 aliphatic carbocycles. The molecule has 0 spiro atoms. The Bertz CT molecular complexity index is 717. The van der Waals surface area contributed by atoms with Gasteiger partial charge in [0.2, 0.25) is 0 Å². The number of aromatic amines is 1. The van der Waals surface area contributed by atoms with Crippen molar-refractivity contribution < 1.29 is 4.79 Å². The minimum atomic E-state index is -0.230. The van der Waals surface area contributed by atoms with E-state index >= 15 is 0 Å². The lowest BCUT2D eigenvalue weighted by molar-refractivity contribution is 0.102. The van der Waals surface area contributed by atoms with E-state index < -0.39 is 0 Å². The number of carbonyl (C=O) groups is 1. The Kier molecular flexibility index (Phi) is 3.00. The van der Waals surface area contributed by atoms with E-state index in [1.807, 2.05) is 25.1 Å². The Morgan fingerprint density at radius 1 is 1.35 bits per heavy atom. The van der Waals surface area contributed by atoms with Gasteiger partial charge in [0.1, 0.15) is 0 Å². The number of rotatable bonds is 3. The van der Waals surface area contributed by atoms with Crippen molar-refractivity contribution in [3.8, 4) is 5.82 Å². The summed E-state index contributed by atoms with van der Waals surface area (Å²) >= 11 is 0. The zero-order valence-electron chi connectivity index (χ0n) is 10.7. The first-order chi connectivity index (χ1) is 9.75. The van der Waals surface area contributed by atoms with Gasteiger partial charge >= 0.3 is 0 Å². The van der Waals surface area contributed by atoms with E-state index in [1.54, 1.807) is 17.1 Å². The highest BCUT2D eigenvalue weighted by atomic mass is 16.1. The topological polar surface area (TPSA) is 88.5 Å². The second-order valence-electron chi connectivity index (χ2n) is 4.18. The molecule has 0 radical (unpaired) electrons. The van der Waals surface area contributed by atoms with E-state index in [9.17, 15) is 4.79 Å². The third-order valence-corrected chi connectivity index (χ3v) is 2.88. The molecule has 7 nitrogen and oxygen atoms in total. The highest BCUT2D eigenvalue weighted by molar-refractivity contribution is 6.04. The van der Waals surface area contributed by atoms with Gasteiger partial charge in [0.15, 0.2) is 5.82 Å². The predicted octanol–water partition coefficient (Wildman–Crippen LogP) is 1.55. The van der Waals surface area contributed by atoms with Crippen molar-refractivity contribution in [2.75, 3.05) is 5.32 Å². The fraction of sp³-hybridized carbons (Fsp3) is 0.0769. The van der Waals surface area contributed by atoms with Crippen molar-refractivity contribution >= 4 is 11.6 Å². The average Bonchev–Trinajstić information content (AvgIpc) is 3.09. The molecular formula is C13H12N6O. The van der Waals surface area contributed by atoms with Crippen LogP contribution < -0.4 is 5.32 Å². The zero-order valence-corrected chi connectivity index (χ0v) is 10.7. The molecule has 0 saturated carbocycles. The van der Waals surface area contributed by atoms with Gasteiger partial charge in [-0.15, -0.1) is 0 Å². The van der Waals surface area contributed by atoms with Gasteiger partial charge in [-0.1, -0.05) is 6.07 Å². The number of anilines is 1. The fourth-order valence-corrected chi connectivity index (χ4v) is 1.86. The number of pyridine rings is 1. The molecule has 3 aromatic heterocycles. The molecule has 0 bridgehead atoms. The maximum absolute atomic E-state index is 12.2. The van der Waals surface area contributed by atoms with Gasteiger partial charge in [-0.05, 0) is 19.1 Å². The van der Waals surface area contributed by atoms with Crippen LogP contribution >= 0.6 is 0 Å². The van der Waals surface area contributed by atoms with Crippen LogP contribution in [-0.2, 0) is 0 Å². The molecule has 0 fully saturated rings. The lowest BCUT2D eigenvalue weighted by Gasteiger charge is -2.04. The molecule has 3 heterocycles. The van der Waals surface area contributed by atoms with Gasteiger partial charge in [-0.25, -0.2) is 9.67 Å². The summed E-state index contributed by atoms with van der Waals surface area (Å²) in [5, 5.41) is 13.4. The minimum Gasteiger partial charge on any atom is -0.319 e. The molecule has 2 N–H and O–H groups in total. The Morgan fingerprint density at radius 2 is 2.25 bits per heavy atom. The van der Waals surface area contributed by atoms with Crippen LogP contribution in [0.25, 0.3) is 5.82 Å². The van der Waals surface area contributed by atoms with Gasteiger partial charge in [0, 0.05) is 12.4 Å². The van der Waals surface area contributed by atoms with Crippen molar-refractivity contribution in [3.05, 3.63) is 54.2 Å². The third kappa shape index (κ3) is 2.16. The average molecular weight is 268 g/mol. The standard InChI is InChI=1S/C13H12N6O/c1-9-11(13(20)18-10-6-15-16-7-10)8-17-19(9)12-4-2-3-5-14-12/h2-8H,1H3,(H,15,16)(H,18,20). The summed E-state index contributed by atoms with van der Waals surface area (Å²) in [4.78, 5) is 16.4. The summed E-state index contributed by atoms with van der Waals surface area (Å²) in [6, 6.07) is 5.53. The Morgan fingerprint density at radius 3 is 2.95 bits per heavy atom. The molecule has 20 heavy (non-hydrogen) atoms. The van der Waals surface area contributed by atoms with Crippen LogP contribution in [0.15, 0.2) is 43.0 Å². The van der Waals surface area contributed by atoms with Gasteiger partial charge in [0.25, 0.3) is 5.91 Å². The molecule has 100 valence electrons. The molecule has 0 aromatic carbocycles. The van der Waals surface area contributed by atoms with Crippen LogP contribution in [0.1, 0.15) is 16.1 Å². The molecule has 0 saturated heterocycles. The first-order valence-electron chi connectivity index (χ1n) is 6.02. The van der Waals surface area contributed by atoms with Crippen molar-refractivity contribution in [1.29, 1.82) is 0 Å². The fourth-order valence-electron chi connectivity index (χ4n) is 1.86. The number of nitrogens with zero attached hydrogens (tertiary/aromatic N) is 4. The van der Waals surface area contributed by atoms with Gasteiger partial charge in [-0.2, -0.15) is 10.2 Å². The van der Waals surface area contributed by atoms with E-state index in [4.69, 9.17) is 0 Å². The van der Waals surface area contributed by atoms with Gasteiger partial charge in [-0.3, -0.25) is 9.89 Å². The summed E-state index contributed by atoms with van der Waals surface area (Å²) in [6.07, 6.45) is 6.36. The molecular weight excluding hydrogens is 256 g/mol. The molecule has 7 heteroatoms. The van der Waals surface area contributed by atoms with E-state index in [1.165, 1.54) is 12.4 Å². The van der Waals surface area contributed by atoms with Crippen LogP contribution in [0.3, 0.4) is 0 Å². The Hall–Kier alpha value is -2.96. The highest BCUT2D eigenvalue weighted by Crippen LogP contribution is 2.14. The van der Waals surface area contributed by atoms with Crippen LogP contribution in [0.2, 0.25) is 0 Å². The summed E-state index contributed by atoms with van der Waals surface area (Å²) < 4.78 is 1.63. The van der Waals surface area contributed by atoms with Crippen molar-refractivity contribution in [3.63, 3.8) is 0 Å². The van der Waals surface area contributed by atoms with Crippen molar-refractivity contribution in [1.82, 2.24) is 25.0 Å². The lowest BCUT2D eigenvalue weighted by Crippen LogP contribution is -2.12. The first-order valence-corrected chi connectivity index (χ1v) is 6.02. The van der Waals surface area contributed by atoms with Crippen LogP contribution in [0.4, 0.5) is 5.69 Å². The SMILES string of the molecule is Cc1c(C(=O)Nc2cn[nH]c2)cnn1-c1ccccn1. The quantitative estimate of drug-likeness (QED) is 0.754. The van der Waals surface area contributed by atoms with Gasteiger partial charge in [0.05, 0.1) is 29.3 Å². The Balaban J connectivity index is 1.89.